The van der Waals surface area contributed by atoms with Crippen LogP contribution in [-0.4, -0.2) is 29.0 Å². The van der Waals surface area contributed by atoms with E-state index in [1.165, 1.54) is 57.8 Å². The van der Waals surface area contributed by atoms with E-state index in [-0.39, 0.29) is 6.61 Å². The first kappa shape index (κ1) is 19.9. The van der Waals surface area contributed by atoms with Gasteiger partial charge in [-0.05, 0) is 12.3 Å². The van der Waals surface area contributed by atoms with Crippen LogP contribution in [-0.2, 0) is 0 Å². The average molecular weight is 287 g/mol. The van der Waals surface area contributed by atoms with Gasteiger partial charge in [0, 0.05) is 0 Å². The lowest BCUT2D eigenvalue weighted by molar-refractivity contribution is 0.0990. The highest BCUT2D eigenvalue weighted by molar-refractivity contribution is 4.70. The van der Waals surface area contributed by atoms with Crippen molar-refractivity contribution in [2.24, 2.45) is 11.7 Å². The number of aliphatic hydroxyl groups is 2. The lowest BCUT2D eigenvalue weighted by Crippen LogP contribution is -2.37. The highest BCUT2D eigenvalue weighted by Crippen LogP contribution is 2.14. The minimum absolute atomic E-state index is 0.127. The molecular weight excluding hydrogens is 250 g/mol. The third-order valence-electron chi connectivity index (χ3n) is 3.99. The van der Waals surface area contributed by atoms with Gasteiger partial charge in [-0.2, -0.15) is 0 Å². The molecule has 20 heavy (non-hydrogen) atoms. The minimum atomic E-state index is -0.541. The van der Waals surface area contributed by atoms with Gasteiger partial charge in [0.05, 0.1) is 18.8 Å². The van der Waals surface area contributed by atoms with Crippen LogP contribution in [0.3, 0.4) is 0 Å². The average Bonchev–Trinajstić information content (AvgIpc) is 2.43. The fourth-order valence-electron chi connectivity index (χ4n) is 2.48. The SMILES string of the molecule is CC(C)CCCCCCCCCCC[C@H](O)C(N)CO. The largest absolute Gasteiger partial charge is 0.395 e. The molecule has 2 atom stereocenters. The Hall–Kier alpha value is -0.120. The first-order valence-corrected chi connectivity index (χ1v) is 8.62. The normalized spacial score (nSPS) is 14.7. The van der Waals surface area contributed by atoms with Crippen LogP contribution >= 0.6 is 0 Å². The number of nitrogens with two attached hydrogens (primary N) is 1. The zero-order valence-electron chi connectivity index (χ0n) is 13.7. The number of hydrogen-bond acceptors (Lipinski definition) is 3. The first-order valence-electron chi connectivity index (χ1n) is 8.62. The summed E-state index contributed by atoms with van der Waals surface area (Å²) in [4.78, 5) is 0. The smallest absolute Gasteiger partial charge is 0.0713 e. The molecule has 0 rings (SSSR count). The second kappa shape index (κ2) is 13.8. The molecule has 0 spiro atoms. The van der Waals surface area contributed by atoms with Crippen LogP contribution in [0.4, 0.5) is 0 Å². The molecule has 0 fully saturated rings. The molecule has 4 N–H and O–H groups in total. The molecule has 0 radical (unpaired) electrons. The maximum atomic E-state index is 9.59. The van der Waals surface area contributed by atoms with E-state index in [1.807, 2.05) is 0 Å². The zero-order chi connectivity index (χ0) is 15.2. The summed E-state index contributed by atoms with van der Waals surface area (Å²) in [5.41, 5.74) is 5.56. The minimum Gasteiger partial charge on any atom is -0.395 e. The van der Waals surface area contributed by atoms with Crippen molar-refractivity contribution >= 4 is 0 Å². The van der Waals surface area contributed by atoms with E-state index in [2.05, 4.69) is 13.8 Å². The van der Waals surface area contributed by atoms with Gasteiger partial charge in [-0.3, -0.25) is 0 Å². The fourth-order valence-corrected chi connectivity index (χ4v) is 2.48. The Balaban J connectivity index is 3.13. The van der Waals surface area contributed by atoms with Gasteiger partial charge in [-0.25, -0.2) is 0 Å². The fraction of sp³-hybridized carbons (Fsp3) is 1.00. The molecule has 0 aliphatic rings. The summed E-state index contributed by atoms with van der Waals surface area (Å²) in [5, 5.41) is 18.4. The molecule has 1 unspecified atom stereocenters. The van der Waals surface area contributed by atoms with Gasteiger partial charge in [0.25, 0.3) is 0 Å². The van der Waals surface area contributed by atoms with E-state index < -0.39 is 12.1 Å². The molecule has 0 saturated carbocycles. The summed E-state index contributed by atoms with van der Waals surface area (Å²) >= 11 is 0. The topological polar surface area (TPSA) is 66.5 Å². The van der Waals surface area contributed by atoms with Crippen LogP contribution in [0.2, 0.25) is 0 Å². The van der Waals surface area contributed by atoms with Gasteiger partial charge < -0.3 is 15.9 Å². The van der Waals surface area contributed by atoms with Gasteiger partial charge in [-0.1, -0.05) is 78.1 Å². The van der Waals surface area contributed by atoms with Crippen molar-refractivity contribution in [3.8, 4) is 0 Å². The van der Waals surface area contributed by atoms with Crippen LogP contribution in [0.5, 0.6) is 0 Å². The lowest BCUT2D eigenvalue weighted by atomic mass is 10.0. The van der Waals surface area contributed by atoms with E-state index in [9.17, 15) is 5.11 Å². The monoisotopic (exact) mass is 287 g/mol. The Bertz CT molecular complexity index is 197. The summed E-state index contributed by atoms with van der Waals surface area (Å²) in [7, 11) is 0. The maximum absolute atomic E-state index is 9.59. The number of aliphatic hydroxyl groups excluding tert-OH is 2. The Kier molecular flexibility index (Phi) is 13.8. The third-order valence-corrected chi connectivity index (χ3v) is 3.99. The Labute approximate surface area is 126 Å². The zero-order valence-corrected chi connectivity index (χ0v) is 13.7. The molecule has 0 amide bonds. The molecular formula is C17H37NO2. The molecule has 0 aromatic rings. The maximum Gasteiger partial charge on any atom is 0.0713 e. The second-order valence-electron chi connectivity index (χ2n) is 6.57. The summed E-state index contributed by atoms with van der Waals surface area (Å²) in [6.45, 7) is 4.46. The van der Waals surface area contributed by atoms with Crippen molar-refractivity contribution in [2.45, 2.75) is 96.6 Å². The van der Waals surface area contributed by atoms with Gasteiger partial charge in [0.1, 0.15) is 0 Å². The molecule has 3 nitrogen and oxygen atoms in total. The standard InChI is InChI=1S/C17H37NO2/c1-15(2)12-10-8-6-4-3-5-7-9-11-13-17(20)16(18)14-19/h15-17,19-20H,3-14,18H2,1-2H3/t16?,17-/m0/s1. The molecule has 0 aromatic carbocycles. The molecule has 0 bridgehead atoms. The highest BCUT2D eigenvalue weighted by Gasteiger charge is 2.12. The summed E-state index contributed by atoms with van der Waals surface area (Å²) in [6.07, 6.45) is 13.2. The number of hydrogen-bond donors (Lipinski definition) is 3. The first-order chi connectivity index (χ1) is 9.57. The quantitative estimate of drug-likeness (QED) is 0.428. The van der Waals surface area contributed by atoms with E-state index in [1.54, 1.807) is 0 Å². The van der Waals surface area contributed by atoms with Crippen LogP contribution in [0.15, 0.2) is 0 Å². The summed E-state index contributed by atoms with van der Waals surface area (Å²) < 4.78 is 0. The van der Waals surface area contributed by atoms with Crippen molar-refractivity contribution < 1.29 is 10.2 Å². The Morgan fingerprint density at radius 2 is 1.15 bits per heavy atom. The van der Waals surface area contributed by atoms with Crippen LogP contribution in [0.1, 0.15) is 84.5 Å². The van der Waals surface area contributed by atoms with Crippen molar-refractivity contribution in [3.05, 3.63) is 0 Å². The summed E-state index contributed by atoms with van der Waals surface area (Å²) in [6, 6.07) is -0.471. The van der Waals surface area contributed by atoms with Crippen LogP contribution in [0, 0.1) is 5.92 Å². The van der Waals surface area contributed by atoms with Crippen molar-refractivity contribution in [3.63, 3.8) is 0 Å². The molecule has 0 aliphatic carbocycles. The number of rotatable bonds is 14. The summed E-state index contributed by atoms with van der Waals surface area (Å²) in [5.74, 6) is 0.851. The lowest BCUT2D eigenvalue weighted by Gasteiger charge is -2.15. The predicted octanol–water partition coefficient (Wildman–Crippen LogP) is 3.61. The van der Waals surface area contributed by atoms with Gasteiger partial charge in [0.2, 0.25) is 0 Å². The van der Waals surface area contributed by atoms with Crippen molar-refractivity contribution in [1.29, 1.82) is 0 Å². The molecule has 3 heteroatoms. The van der Waals surface area contributed by atoms with Gasteiger partial charge in [0.15, 0.2) is 0 Å². The van der Waals surface area contributed by atoms with E-state index in [4.69, 9.17) is 10.8 Å². The highest BCUT2D eigenvalue weighted by atomic mass is 16.3. The molecule has 122 valence electrons. The van der Waals surface area contributed by atoms with Gasteiger partial charge in [-0.15, -0.1) is 0 Å². The van der Waals surface area contributed by atoms with Crippen LogP contribution < -0.4 is 5.73 Å². The van der Waals surface area contributed by atoms with Crippen LogP contribution in [0.25, 0.3) is 0 Å². The van der Waals surface area contributed by atoms with Gasteiger partial charge >= 0.3 is 0 Å². The third kappa shape index (κ3) is 12.9. The molecule has 0 heterocycles. The van der Waals surface area contributed by atoms with E-state index in [0.29, 0.717) is 0 Å². The van der Waals surface area contributed by atoms with E-state index >= 15 is 0 Å². The molecule has 0 aliphatic heterocycles. The van der Waals surface area contributed by atoms with Crippen molar-refractivity contribution in [2.75, 3.05) is 6.61 Å². The Morgan fingerprint density at radius 3 is 1.55 bits per heavy atom. The Morgan fingerprint density at radius 1 is 0.750 bits per heavy atom. The molecule has 0 saturated heterocycles. The second-order valence-corrected chi connectivity index (χ2v) is 6.57. The van der Waals surface area contributed by atoms with Crippen molar-refractivity contribution in [1.82, 2.24) is 0 Å². The number of unbranched alkanes of at least 4 members (excludes halogenated alkanes) is 8. The van der Waals surface area contributed by atoms with E-state index in [0.717, 1.165) is 18.8 Å². The predicted molar refractivity (Wildman–Crippen MR) is 86.7 cm³/mol. The molecule has 0 aromatic heterocycles.